The molecule has 88 valence electrons. The Morgan fingerprint density at radius 3 is 2.73 bits per heavy atom. The highest BCUT2D eigenvalue weighted by molar-refractivity contribution is 9.11. The van der Waals surface area contributed by atoms with E-state index < -0.39 is 0 Å². The molecule has 1 aliphatic rings. The fourth-order valence-corrected chi connectivity index (χ4v) is 2.36. The predicted molar refractivity (Wildman–Crippen MR) is 68.4 cm³/mol. The molecule has 1 N–H and O–H groups in total. The number of hydrogen-bond donors (Lipinski definition) is 1. The van der Waals surface area contributed by atoms with E-state index in [2.05, 4.69) is 41.7 Å². The van der Waals surface area contributed by atoms with Crippen LogP contribution in [0.15, 0.2) is 11.1 Å². The van der Waals surface area contributed by atoms with E-state index in [1.165, 1.54) is 0 Å². The summed E-state index contributed by atoms with van der Waals surface area (Å²) in [5, 5.41) is 3.52. The van der Waals surface area contributed by atoms with Crippen molar-refractivity contribution in [1.82, 2.24) is 5.32 Å². The maximum absolute atomic E-state index is 5.93. The summed E-state index contributed by atoms with van der Waals surface area (Å²) in [5.74, 6) is 0. The Bertz CT molecular complexity index is 214. The number of nitrogens with one attached hydrogen (secondary N) is 1. The minimum absolute atomic E-state index is 0.115. The monoisotopic (exact) mass is 275 g/mol. The van der Waals surface area contributed by atoms with Gasteiger partial charge in [-0.2, -0.15) is 0 Å². The molecule has 0 aromatic heterocycles. The highest BCUT2D eigenvalue weighted by Crippen LogP contribution is 2.31. The molecule has 0 aliphatic carbocycles. The Balaban J connectivity index is 2.44. The summed E-state index contributed by atoms with van der Waals surface area (Å²) in [6, 6.07) is 0.577. The Kier molecular flexibility index (Phi) is 5.30. The van der Waals surface area contributed by atoms with Crippen molar-refractivity contribution < 1.29 is 4.74 Å². The molecule has 1 fully saturated rings. The third-order valence-corrected chi connectivity index (χ3v) is 3.64. The Morgan fingerprint density at radius 1 is 1.53 bits per heavy atom. The fraction of sp³-hybridized carbons (Fsp3) is 0.833. The van der Waals surface area contributed by atoms with Crippen LogP contribution in [0, 0.1) is 0 Å². The molecule has 1 aliphatic heterocycles. The summed E-state index contributed by atoms with van der Waals surface area (Å²) in [6.45, 7) is 10.0. The van der Waals surface area contributed by atoms with Crippen molar-refractivity contribution in [2.45, 2.75) is 51.2 Å². The van der Waals surface area contributed by atoms with Gasteiger partial charge in [0.2, 0.25) is 0 Å². The molecule has 0 radical (unpaired) electrons. The van der Waals surface area contributed by atoms with E-state index in [1.54, 1.807) is 0 Å². The first-order valence-electron chi connectivity index (χ1n) is 5.82. The first-order chi connectivity index (χ1) is 7.12. The molecule has 1 atom stereocenters. The number of rotatable bonds is 5. The van der Waals surface area contributed by atoms with Gasteiger partial charge in [-0.05, 0) is 25.7 Å². The first-order valence-corrected chi connectivity index (χ1v) is 6.62. The smallest absolute Gasteiger partial charge is 0.0692 e. The molecule has 1 saturated heterocycles. The molecule has 0 saturated carbocycles. The van der Waals surface area contributed by atoms with Gasteiger partial charge in [0.25, 0.3) is 0 Å². The van der Waals surface area contributed by atoms with Crippen molar-refractivity contribution in [3.8, 4) is 0 Å². The quantitative estimate of drug-likeness (QED) is 0.832. The lowest BCUT2D eigenvalue weighted by Gasteiger charge is -2.40. The van der Waals surface area contributed by atoms with Crippen LogP contribution in [0.5, 0.6) is 0 Å². The SMILES string of the molecule is C=C(Br)CNC1CCOC(CC)(CC)C1. The van der Waals surface area contributed by atoms with E-state index in [4.69, 9.17) is 4.74 Å². The molecule has 1 unspecified atom stereocenters. The number of ether oxygens (including phenoxy) is 1. The number of halogens is 1. The highest BCUT2D eigenvalue weighted by Gasteiger charge is 2.34. The summed E-state index contributed by atoms with van der Waals surface area (Å²) in [5.41, 5.74) is 0.115. The summed E-state index contributed by atoms with van der Waals surface area (Å²) >= 11 is 3.38. The average molecular weight is 276 g/mol. The summed E-state index contributed by atoms with van der Waals surface area (Å²) < 4.78 is 6.95. The zero-order valence-electron chi connectivity index (χ0n) is 9.81. The van der Waals surface area contributed by atoms with E-state index in [1.807, 2.05) is 0 Å². The van der Waals surface area contributed by atoms with E-state index in [9.17, 15) is 0 Å². The molecule has 2 nitrogen and oxygen atoms in total. The third kappa shape index (κ3) is 3.89. The lowest BCUT2D eigenvalue weighted by molar-refractivity contribution is -0.0926. The van der Waals surface area contributed by atoms with E-state index >= 15 is 0 Å². The van der Waals surface area contributed by atoms with Gasteiger partial charge < -0.3 is 10.1 Å². The van der Waals surface area contributed by atoms with Gasteiger partial charge >= 0.3 is 0 Å². The Hall–Kier alpha value is 0.140. The largest absolute Gasteiger partial charge is 0.375 e. The van der Waals surface area contributed by atoms with Gasteiger partial charge in [-0.25, -0.2) is 0 Å². The van der Waals surface area contributed by atoms with Gasteiger partial charge in [-0.15, -0.1) is 0 Å². The molecule has 0 aromatic carbocycles. The van der Waals surface area contributed by atoms with Gasteiger partial charge in [0.05, 0.1) is 5.60 Å². The summed E-state index contributed by atoms with van der Waals surface area (Å²) in [6.07, 6.45) is 4.45. The molecule has 0 spiro atoms. The number of hydrogen-bond acceptors (Lipinski definition) is 2. The lowest BCUT2D eigenvalue weighted by Crippen LogP contribution is -2.46. The Morgan fingerprint density at radius 2 is 2.20 bits per heavy atom. The molecule has 0 amide bonds. The average Bonchev–Trinajstić information content (AvgIpc) is 2.26. The zero-order chi connectivity index (χ0) is 11.3. The van der Waals surface area contributed by atoms with Crippen LogP contribution in [0.3, 0.4) is 0 Å². The summed E-state index contributed by atoms with van der Waals surface area (Å²) in [7, 11) is 0. The lowest BCUT2D eigenvalue weighted by atomic mass is 9.86. The highest BCUT2D eigenvalue weighted by atomic mass is 79.9. The van der Waals surface area contributed by atoms with Crippen LogP contribution >= 0.6 is 15.9 Å². The van der Waals surface area contributed by atoms with Crippen molar-refractivity contribution in [3.05, 3.63) is 11.1 Å². The normalized spacial score (nSPS) is 25.1. The van der Waals surface area contributed by atoms with Crippen molar-refractivity contribution in [2.24, 2.45) is 0 Å². The van der Waals surface area contributed by atoms with Crippen LogP contribution in [0.4, 0.5) is 0 Å². The topological polar surface area (TPSA) is 21.3 Å². The van der Waals surface area contributed by atoms with Crippen LogP contribution in [-0.2, 0) is 4.74 Å². The molecule has 15 heavy (non-hydrogen) atoms. The second-order valence-electron chi connectivity index (χ2n) is 4.33. The third-order valence-electron chi connectivity index (χ3n) is 3.36. The fourth-order valence-electron chi connectivity index (χ4n) is 2.20. The van der Waals surface area contributed by atoms with E-state index in [0.717, 1.165) is 43.3 Å². The molecule has 0 aromatic rings. The van der Waals surface area contributed by atoms with Gasteiger partial charge in [-0.1, -0.05) is 36.4 Å². The standard InChI is InChI=1S/C12H22BrNO/c1-4-12(5-2)8-11(6-7-15-12)14-9-10(3)13/h11,14H,3-9H2,1-2H3. The van der Waals surface area contributed by atoms with Gasteiger partial charge in [0.1, 0.15) is 0 Å². The molecule has 1 heterocycles. The second kappa shape index (κ2) is 6.02. The maximum atomic E-state index is 5.93. The summed E-state index contributed by atoms with van der Waals surface area (Å²) in [4.78, 5) is 0. The minimum atomic E-state index is 0.115. The van der Waals surface area contributed by atoms with Crippen molar-refractivity contribution in [2.75, 3.05) is 13.2 Å². The van der Waals surface area contributed by atoms with Crippen LogP contribution in [0.1, 0.15) is 39.5 Å². The van der Waals surface area contributed by atoms with E-state index in [-0.39, 0.29) is 5.60 Å². The van der Waals surface area contributed by atoms with Gasteiger partial charge in [-0.3, -0.25) is 0 Å². The molecule has 1 rings (SSSR count). The second-order valence-corrected chi connectivity index (χ2v) is 5.45. The van der Waals surface area contributed by atoms with Gasteiger partial charge in [0.15, 0.2) is 0 Å². The van der Waals surface area contributed by atoms with Crippen molar-refractivity contribution in [1.29, 1.82) is 0 Å². The predicted octanol–water partition coefficient (Wildman–Crippen LogP) is 3.22. The zero-order valence-corrected chi connectivity index (χ0v) is 11.4. The van der Waals surface area contributed by atoms with Gasteiger partial charge in [0, 0.05) is 23.7 Å². The Labute approximate surface area is 102 Å². The van der Waals surface area contributed by atoms with Crippen molar-refractivity contribution in [3.63, 3.8) is 0 Å². The van der Waals surface area contributed by atoms with Crippen molar-refractivity contribution >= 4 is 15.9 Å². The minimum Gasteiger partial charge on any atom is -0.375 e. The van der Waals surface area contributed by atoms with Crippen LogP contribution in [0.2, 0.25) is 0 Å². The molecule has 0 bridgehead atoms. The van der Waals surface area contributed by atoms with Crippen LogP contribution in [-0.4, -0.2) is 24.8 Å². The van der Waals surface area contributed by atoms with Crippen LogP contribution in [0.25, 0.3) is 0 Å². The van der Waals surface area contributed by atoms with E-state index in [0.29, 0.717) is 6.04 Å². The molecular weight excluding hydrogens is 254 g/mol. The van der Waals surface area contributed by atoms with Crippen LogP contribution < -0.4 is 5.32 Å². The maximum Gasteiger partial charge on any atom is 0.0692 e. The first kappa shape index (κ1) is 13.2. The molecule has 3 heteroatoms. The molecular formula is C12H22BrNO.